The van der Waals surface area contributed by atoms with E-state index in [1.165, 1.54) is 12.8 Å². The van der Waals surface area contributed by atoms with Crippen LogP contribution in [0.3, 0.4) is 0 Å². The van der Waals surface area contributed by atoms with Gasteiger partial charge in [-0.25, -0.2) is 0 Å². The fourth-order valence-electron chi connectivity index (χ4n) is 2.48. The summed E-state index contributed by atoms with van der Waals surface area (Å²) in [6.07, 6.45) is 2.41. The van der Waals surface area contributed by atoms with E-state index in [1.54, 1.807) is 11.8 Å². The molecule has 0 amide bonds. The maximum absolute atomic E-state index is 12.0. The van der Waals surface area contributed by atoms with E-state index in [2.05, 4.69) is 4.90 Å². The number of likely N-dealkylation sites (tertiary alicyclic amines) is 1. The number of thioether (sulfide) groups is 1. The monoisotopic (exact) mass is 331 g/mol. The van der Waals surface area contributed by atoms with Crippen LogP contribution in [-0.4, -0.2) is 59.7 Å². The van der Waals surface area contributed by atoms with Crippen LogP contribution in [0, 0.1) is 5.92 Å². The Kier molecular flexibility index (Phi) is 8.17. The maximum atomic E-state index is 12.0. The van der Waals surface area contributed by atoms with Gasteiger partial charge in [-0.1, -0.05) is 6.92 Å². The smallest absolute Gasteiger partial charge is 0.324 e. The molecule has 22 heavy (non-hydrogen) atoms. The molecule has 0 radical (unpaired) electrons. The highest BCUT2D eigenvalue weighted by atomic mass is 32.2. The first-order valence-corrected chi connectivity index (χ1v) is 9.30. The largest absolute Gasteiger partial charge is 0.459 e. The number of carbonyl (C=O) groups excluding carboxylic acids is 1. The Labute approximate surface area is 139 Å². The average Bonchev–Trinajstić information content (AvgIpc) is 2.45. The zero-order chi connectivity index (χ0) is 16.8. The van der Waals surface area contributed by atoms with Crippen LogP contribution in [0.5, 0.6) is 0 Å². The molecule has 1 saturated heterocycles. The summed E-state index contributed by atoms with van der Waals surface area (Å²) in [5.74, 6) is 1.38. The van der Waals surface area contributed by atoms with E-state index in [9.17, 15) is 4.79 Å². The number of piperidine rings is 1. The van der Waals surface area contributed by atoms with Crippen molar-refractivity contribution in [2.45, 2.75) is 57.4 Å². The molecular weight excluding hydrogens is 298 g/mol. The summed E-state index contributed by atoms with van der Waals surface area (Å²) in [6.45, 7) is 11.7. The molecule has 0 unspecified atom stereocenters. The van der Waals surface area contributed by atoms with Gasteiger partial charge < -0.3 is 21.1 Å². The molecule has 0 bridgehead atoms. The Morgan fingerprint density at radius 1 is 1.36 bits per heavy atom. The molecule has 0 aromatic heterocycles. The number of nitrogens with zero attached hydrogens (tertiary/aromatic N) is 1. The number of hydrogen-bond donors (Lipinski definition) is 2. The summed E-state index contributed by atoms with van der Waals surface area (Å²) < 4.78 is 5.34. The van der Waals surface area contributed by atoms with Crippen molar-refractivity contribution in [1.82, 2.24) is 4.90 Å². The van der Waals surface area contributed by atoms with Crippen molar-refractivity contribution >= 4 is 17.7 Å². The minimum absolute atomic E-state index is 0.0661. The van der Waals surface area contributed by atoms with E-state index in [-0.39, 0.29) is 11.2 Å². The van der Waals surface area contributed by atoms with Gasteiger partial charge >= 0.3 is 5.97 Å². The zero-order valence-electron chi connectivity index (χ0n) is 14.5. The molecule has 0 aliphatic carbocycles. The molecule has 1 aliphatic heterocycles. The third kappa shape index (κ3) is 7.31. The van der Waals surface area contributed by atoms with Gasteiger partial charge in [-0.05, 0) is 59.2 Å². The second-order valence-electron chi connectivity index (χ2n) is 7.16. The van der Waals surface area contributed by atoms with Crippen LogP contribution in [0.15, 0.2) is 0 Å². The normalized spacial score (nSPS) is 20.6. The highest BCUT2D eigenvalue weighted by Gasteiger charge is 2.27. The van der Waals surface area contributed by atoms with Gasteiger partial charge in [0.1, 0.15) is 11.6 Å². The number of rotatable bonds is 7. The third-order valence-corrected chi connectivity index (χ3v) is 5.25. The molecule has 1 heterocycles. The molecule has 2 atom stereocenters. The number of nitrogens with two attached hydrogens (primary N) is 2. The van der Waals surface area contributed by atoms with Crippen LogP contribution in [0.25, 0.3) is 0 Å². The van der Waals surface area contributed by atoms with Crippen molar-refractivity contribution in [2.24, 2.45) is 17.4 Å². The molecule has 1 aliphatic rings. The lowest BCUT2D eigenvalue weighted by atomic mass is 9.97. The molecule has 4 N–H and O–H groups in total. The predicted molar refractivity (Wildman–Crippen MR) is 94.0 cm³/mol. The Balaban J connectivity index is 2.22. The minimum atomic E-state index is -0.563. The summed E-state index contributed by atoms with van der Waals surface area (Å²) in [5, 5.41) is 0.0661. The molecule has 0 spiro atoms. The molecule has 6 heteroatoms. The van der Waals surface area contributed by atoms with Crippen molar-refractivity contribution < 1.29 is 9.53 Å². The number of hydrogen-bond acceptors (Lipinski definition) is 6. The maximum Gasteiger partial charge on any atom is 0.324 e. The third-order valence-electron chi connectivity index (χ3n) is 4.01. The average molecular weight is 332 g/mol. The summed E-state index contributed by atoms with van der Waals surface area (Å²) in [4.78, 5) is 14.4. The van der Waals surface area contributed by atoms with Crippen molar-refractivity contribution in [3.63, 3.8) is 0 Å². The van der Waals surface area contributed by atoms with Gasteiger partial charge in [-0.2, -0.15) is 11.8 Å². The van der Waals surface area contributed by atoms with Crippen LogP contribution in [0.1, 0.15) is 40.5 Å². The summed E-state index contributed by atoms with van der Waals surface area (Å²) in [5.41, 5.74) is 11.2. The van der Waals surface area contributed by atoms with E-state index in [0.29, 0.717) is 5.92 Å². The van der Waals surface area contributed by atoms with Crippen LogP contribution in [0.2, 0.25) is 0 Å². The first-order chi connectivity index (χ1) is 10.2. The van der Waals surface area contributed by atoms with Gasteiger partial charge in [0.25, 0.3) is 0 Å². The highest BCUT2D eigenvalue weighted by Crippen LogP contribution is 2.19. The van der Waals surface area contributed by atoms with Crippen LogP contribution < -0.4 is 11.5 Å². The lowest BCUT2D eigenvalue weighted by molar-refractivity contribution is -0.156. The Morgan fingerprint density at radius 3 is 2.45 bits per heavy atom. The fraction of sp³-hybridized carbons (Fsp3) is 0.938. The first kappa shape index (κ1) is 19.7. The van der Waals surface area contributed by atoms with Gasteiger partial charge in [0.05, 0.1) is 0 Å². The Morgan fingerprint density at radius 2 is 1.95 bits per heavy atom. The van der Waals surface area contributed by atoms with Crippen molar-refractivity contribution in [2.75, 3.05) is 31.9 Å². The molecule has 0 aromatic rings. The number of ether oxygens (including phenoxy) is 1. The fourth-order valence-corrected chi connectivity index (χ4v) is 3.53. The van der Waals surface area contributed by atoms with Gasteiger partial charge in [-0.15, -0.1) is 0 Å². The molecular formula is C16H33N3O2S. The highest BCUT2D eigenvalue weighted by molar-refractivity contribution is 8.00. The molecule has 0 saturated carbocycles. The number of esters is 1. The predicted octanol–water partition coefficient (Wildman–Crippen LogP) is 1.45. The topological polar surface area (TPSA) is 81.6 Å². The van der Waals surface area contributed by atoms with Gasteiger partial charge in [0.2, 0.25) is 0 Å². The van der Waals surface area contributed by atoms with Gasteiger partial charge in [0.15, 0.2) is 0 Å². The van der Waals surface area contributed by atoms with E-state index in [4.69, 9.17) is 16.2 Å². The lowest BCUT2D eigenvalue weighted by Gasteiger charge is -2.31. The number of carbonyl (C=O) groups is 1. The summed E-state index contributed by atoms with van der Waals surface area (Å²) in [7, 11) is 0. The van der Waals surface area contributed by atoms with Crippen LogP contribution >= 0.6 is 11.8 Å². The molecule has 1 rings (SSSR count). The summed E-state index contributed by atoms with van der Waals surface area (Å²) >= 11 is 1.75. The van der Waals surface area contributed by atoms with Gasteiger partial charge in [-0.3, -0.25) is 4.79 Å². The first-order valence-electron chi connectivity index (χ1n) is 8.25. The molecule has 1 fully saturated rings. The molecule has 5 nitrogen and oxygen atoms in total. The van der Waals surface area contributed by atoms with E-state index in [1.807, 2.05) is 27.7 Å². The van der Waals surface area contributed by atoms with Crippen LogP contribution in [-0.2, 0) is 9.53 Å². The zero-order valence-corrected chi connectivity index (χ0v) is 15.3. The standard InChI is InChI=1S/C16H33N3O2S/c1-12(14(18)15(20)21-16(2,3)4)22-10-9-19-7-5-13(11-17)6-8-19/h12-14H,5-11,17-18H2,1-4H3/t12-,14+/m1/s1. The molecule has 130 valence electrons. The Bertz CT molecular complexity index is 339. The minimum Gasteiger partial charge on any atom is -0.459 e. The van der Waals surface area contributed by atoms with Crippen molar-refractivity contribution in [3.8, 4) is 0 Å². The SMILES string of the molecule is C[C@@H](SCCN1CCC(CN)CC1)[C@H](N)C(=O)OC(C)(C)C. The second-order valence-corrected chi connectivity index (χ2v) is 8.64. The van der Waals surface area contributed by atoms with E-state index < -0.39 is 11.6 Å². The van der Waals surface area contributed by atoms with E-state index >= 15 is 0 Å². The van der Waals surface area contributed by atoms with E-state index in [0.717, 1.165) is 31.9 Å². The van der Waals surface area contributed by atoms with Gasteiger partial charge in [0, 0.05) is 17.5 Å². The lowest BCUT2D eigenvalue weighted by Crippen LogP contribution is -2.43. The Hall–Kier alpha value is -0.300. The van der Waals surface area contributed by atoms with Crippen molar-refractivity contribution in [1.29, 1.82) is 0 Å². The second kappa shape index (κ2) is 9.11. The quantitative estimate of drug-likeness (QED) is 0.687. The van der Waals surface area contributed by atoms with Crippen molar-refractivity contribution in [3.05, 3.63) is 0 Å². The van der Waals surface area contributed by atoms with Crippen LogP contribution in [0.4, 0.5) is 0 Å². The summed E-state index contributed by atoms with van der Waals surface area (Å²) in [6, 6.07) is -0.563. The molecule has 0 aromatic carbocycles.